The van der Waals surface area contributed by atoms with Crippen molar-refractivity contribution in [1.82, 2.24) is 0 Å². The van der Waals surface area contributed by atoms with Gasteiger partial charge in [0, 0.05) is 16.1 Å². The highest BCUT2D eigenvalue weighted by molar-refractivity contribution is 8.00. The molecule has 0 aliphatic carbocycles. The van der Waals surface area contributed by atoms with Crippen LogP contribution in [0.5, 0.6) is 0 Å². The molecule has 0 bridgehead atoms. The van der Waals surface area contributed by atoms with Crippen molar-refractivity contribution < 1.29 is 14.3 Å². The Balaban J connectivity index is 1.98. The van der Waals surface area contributed by atoms with Crippen LogP contribution in [-0.2, 0) is 9.53 Å². The summed E-state index contributed by atoms with van der Waals surface area (Å²) in [6, 6.07) is 14.8. The van der Waals surface area contributed by atoms with Gasteiger partial charge in [-0.25, -0.2) is 0 Å². The minimum absolute atomic E-state index is 0.155. The third kappa shape index (κ3) is 5.45. The smallest absolute Gasteiger partial charge is 0.316 e. The molecule has 1 amide bonds. The number of amides is 1. The second kappa shape index (κ2) is 8.39. The number of carbonyl (C=O) groups is 2. The molecule has 4 nitrogen and oxygen atoms in total. The lowest BCUT2D eigenvalue weighted by Crippen LogP contribution is -2.11. The summed E-state index contributed by atoms with van der Waals surface area (Å²) >= 11 is 1.38. The number of carbonyl (C=O) groups excluding carboxylic acids is 2. The van der Waals surface area contributed by atoms with E-state index in [2.05, 4.69) is 5.32 Å². The second-order valence-corrected chi connectivity index (χ2v) is 5.99. The van der Waals surface area contributed by atoms with E-state index in [1.807, 2.05) is 43.3 Å². The molecule has 0 aromatic heterocycles. The number of ether oxygens (including phenoxy) is 1. The molecule has 0 fully saturated rings. The molecule has 0 spiro atoms. The first-order chi connectivity index (χ1) is 11.1. The molecule has 23 heavy (non-hydrogen) atoms. The quantitative estimate of drug-likeness (QED) is 0.645. The third-order valence-electron chi connectivity index (χ3n) is 3.07. The predicted octanol–water partition coefficient (Wildman–Crippen LogP) is 3.90. The number of esters is 1. The number of aryl methyl sites for hydroxylation is 1. The van der Waals surface area contributed by atoms with E-state index in [0.29, 0.717) is 17.9 Å². The SMILES string of the molecule is CCOC(=O)CSc1cccc(NC(=O)c2ccc(C)cc2)c1. The number of nitrogens with one attached hydrogen (secondary N) is 1. The summed E-state index contributed by atoms with van der Waals surface area (Å²) in [4.78, 5) is 24.5. The van der Waals surface area contributed by atoms with Crippen LogP contribution in [0.1, 0.15) is 22.8 Å². The van der Waals surface area contributed by atoms with Crippen molar-refractivity contribution in [3.63, 3.8) is 0 Å². The second-order valence-electron chi connectivity index (χ2n) is 4.94. The maximum absolute atomic E-state index is 12.2. The fraction of sp³-hybridized carbons (Fsp3) is 0.222. The molecular formula is C18H19NO3S. The van der Waals surface area contributed by atoms with Gasteiger partial charge in [-0.05, 0) is 44.2 Å². The van der Waals surface area contributed by atoms with Gasteiger partial charge in [0.15, 0.2) is 0 Å². The zero-order chi connectivity index (χ0) is 16.7. The van der Waals surface area contributed by atoms with Crippen molar-refractivity contribution in [3.05, 3.63) is 59.7 Å². The molecular weight excluding hydrogens is 310 g/mol. The molecule has 2 rings (SSSR count). The summed E-state index contributed by atoms with van der Waals surface area (Å²) in [5, 5.41) is 2.86. The molecule has 0 saturated heterocycles. The van der Waals surface area contributed by atoms with Crippen molar-refractivity contribution in [2.75, 3.05) is 17.7 Å². The Hall–Kier alpha value is -2.27. The van der Waals surface area contributed by atoms with E-state index in [-0.39, 0.29) is 17.6 Å². The molecule has 0 aliphatic rings. The van der Waals surface area contributed by atoms with Crippen molar-refractivity contribution in [1.29, 1.82) is 0 Å². The van der Waals surface area contributed by atoms with Crippen LogP contribution >= 0.6 is 11.8 Å². The normalized spacial score (nSPS) is 10.2. The molecule has 2 aromatic rings. The Morgan fingerprint density at radius 3 is 2.57 bits per heavy atom. The lowest BCUT2D eigenvalue weighted by molar-refractivity contribution is -0.139. The first kappa shape index (κ1) is 17.1. The van der Waals surface area contributed by atoms with E-state index >= 15 is 0 Å². The molecule has 2 aromatic carbocycles. The highest BCUT2D eigenvalue weighted by Gasteiger charge is 2.07. The number of hydrogen-bond acceptors (Lipinski definition) is 4. The van der Waals surface area contributed by atoms with Gasteiger partial charge in [-0.3, -0.25) is 9.59 Å². The van der Waals surface area contributed by atoms with Gasteiger partial charge in [-0.2, -0.15) is 0 Å². The molecule has 0 radical (unpaired) electrons. The van der Waals surface area contributed by atoms with E-state index in [4.69, 9.17) is 4.74 Å². The van der Waals surface area contributed by atoms with Gasteiger partial charge in [-0.1, -0.05) is 23.8 Å². The Labute approximate surface area is 140 Å². The van der Waals surface area contributed by atoms with E-state index in [1.54, 1.807) is 19.1 Å². The molecule has 0 saturated carbocycles. The number of thioether (sulfide) groups is 1. The van der Waals surface area contributed by atoms with Crippen LogP contribution in [0.4, 0.5) is 5.69 Å². The van der Waals surface area contributed by atoms with Gasteiger partial charge in [0.1, 0.15) is 0 Å². The minimum atomic E-state index is -0.244. The van der Waals surface area contributed by atoms with Crippen LogP contribution in [0.3, 0.4) is 0 Å². The van der Waals surface area contributed by atoms with Gasteiger partial charge >= 0.3 is 5.97 Å². The fourth-order valence-corrected chi connectivity index (χ4v) is 2.67. The zero-order valence-electron chi connectivity index (χ0n) is 13.2. The monoisotopic (exact) mass is 329 g/mol. The van der Waals surface area contributed by atoms with Gasteiger partial charge in [0.2, 0.25) is 0 Å². The van der Waals surface area contributed by atoms with Gasteiger partial charge in [0.25, 0.3) is 5.91 Å². The highest BCUT2D eigenvalue weighted by Crippen LogP contribution is 2.22. The topological polar surface area (TPSA) is 55.4 Å². The molecule has 0 heterocycles. The highest BCUT2D eigenvalue weighted by atomic mass is 32.2. The standard InChI is InChI=1S/C18H19NO3S/c1-3-22-17(20)12-23-16-6-4-5-15(11-16)19-18(21)14-9-7-13(2)8-10-14/h4-11H,3,12H2,1-2H3,(H,19,21). The maximum atomic E-state index is 12.2. The molecule has 5 heteroatoms. The Morgan fingerprint density at radius 2 is 1.87 bits per heavy atom. The lowest BCUT2D eigenvalue weighted by Gasteiger charge is -2.08. The van der Waals surface area contributed by atoms with E-state index in [1.165, 1.54) is 11.8 Å². The van der Waals surface area contributed by atoms with Crippen molar-refractivity contribution in [2.45, 2.75) is 18.7 Å². The largest absolute Gasteiger partial charge is 0.465 e. The maximum Gasteiger partial charge on any atom is 0.316 e. The number of anilines is 1. The van der Waals surface area contributed by atoms with Gasteiger partial charge in [0.05, 0.1) is 12.4 Å². The van der Waals surface area contributed by atoms with Crippen LogP contribution in [-0.4, -0.2) is 24.2 Å². The van der Waals surface area contributed by atoms with Crippen LogP contribution in [0.25, 0.3) is 0 Å². The number of rotatable bonds is 6. The van der Waals surface area contributed by atoms with Crippen LogP contribution in [0.15, 0.2) is 53.4 Å². The zero-order valence-corrected chi connectivity index (χ0v) is 14.0. The molecule has 120 valence electrons. The Kier molecular flexibility index (Phi) is 6.23. The number of benzene rings is 2. The molecule has 0 atom stereocenters. The van der Waals surface area contributed by atoms with E-state index in [9.17, 15) is 9.59 Å². The van der Waals surface area contributed by atoms with E-state index in [0.717, 1.165) is 10.5 Å². The Morgan fingerprint density at radius 1 is 1.13 bits per heavy atom. The molecule has 0 aliphatic heterocycles. The van der Waals surface area contributed by atoms with Crippen LogP contribution < -0.4 is 5.32 Å². The Bertz CT molecular complexity index is 683. The number of hydrogen-bond donors (Lipinski definition) is 1. The van der Waals surface area contributed by atoms with Crippen molar-refractivity contribution in [3.8, 4) is 0 Å². The first-order valence-electron chi connectivity index (χ1n) is 7.35. The third-order valence-corrected chi connectivity index (χ3v) is 4.03. The van der Waals surface area contributed by atoms with Crippen LogP contribution in [0, 0.1) is 6.92 Å². The van der Waals surface area contributed by atoms with Gasteiger partial charge in [-0.15, -0.1) is 11.8 Å². The average molecular weight is 329 g/mol. The van der Waals surface area contributed by atoms with Crippen molar-refractivity contribution >= 4 is 29.3 Å². The fourth-order valence-electron chi connectivity index (χ4n) is 1.92. The summed E-state index contributed by atoms with van der Waals surface area (Å²) < 4.78 is 4.90. The summed E-state index contributed by atoms with van der Waals surface area (Å²) in [7, 11) is 0. The molecule has 1 N–H and O–H groups in total. The summed E-state index contributed by atoms with van der Waals surface area (Å²) in [5.74, 6) is -0.146. The van der Waals surface area contributed by atoms with E-state index < -0.39 is 0 Å². The van der Waals surface area contributed by atoms with Crippen molar-refractivity contribution in [2.24, 2.45) is 0 Å². The predicted molar refractivity (Wildman–Crippen MR) is 92.9 cm³/mol. The van der Waals surface area contributed by atoms with Crippen LogP contribution in [0.2, 0.25) is 0 Å². The summed E-state index contributed by atoms with van der Waals surface area (Å²) in [6.07, 6.45) is 0. The first-order valence-corrected chi connectivity index (χ1v) is 8.33. The lowest BCUT2D eigenvalue weighted by atomic mass is 10.1. The summed E-state index contributed by atoms with van der Waals surface area (Å²) in [6.45, 7) is 4.14. The summed E-state index contributed by atoms with van der Waals surface area (Å²) in [5.41, 5.74) is 2.42. The molecule has 0 unspecified atom stereocenters. The minimum Gasteiger partial charge on any atom is -0.465 e. The van der Waals surface area contributed by atoms with Gasteiger partial charge < -0.3 is 10.1 Å². The average Bonchev–Trinajstić information content (AvgIpc) is 2.54.